The second-order valence-corrected chi connectivity index (χ2v) is 11.0. The van der Waals surface area contributed by atoms with Crippen LogP contribution in [0.2, 0.25) is 0 Å². The number of furan rings is 2. The standard InChI is InChI=1S/C40H24N2O2/c1-2-11-25(12-3-1)36-39-37(33-18-5-7-22-35(33)44-39)42-40(41-36)29-16-9-14-27(24-29)26-13-8-15-28(23-26)30-19-10-20-32-31-17-4-6-21-34(31)43-38(30)32/h1-24H. The molecule has 9 rings (SSSR count). The van der Waals surface area contributed by atoms with Crippen LogP contribution in [0.15, 0.2) is 154 Å². The van der Waals surface area contributed by atoms with Gasteiger partial charge in [-0.15, -0.1) is 0 Å². The second-order valence-electron chi connectivity index (χ2n) is 11.0. The van der Waals surface area contributed by atoms with E-state index in [1.165, 1.54) is 0 Å². The minimum atomic E-state index is 0.660. The molecule has 0 aliphatic heterocycles. The molecular weight excluding hydrogens is 540 g/mol. The van der Waals surface area contributed by atoms with Crippen LogP contribution in [-0.4, -0.2) is 9.97 Å². The van der Waals surface area contributed by atoms with Crippen molar-refractivity contribution in [1.82, 2.24) is 9.97 Å². The lowest BCUT2D eigenvalue weighted by atomic mass is 9.96. The fraction of sp³-hybridized carbons (Fsp3) is 0. The highest BCUT2D eigenvalue weighted by Gasteiger charge is 2.18. The maximum absolute atomic E-state index is 6.34. The summed E-state index contributed by atoms with van der Waals surface area (Å²) >= 11 is 0. The Morgan fingerprint density at radius 2 is 0.955 bits per heavy atom. The van der Waals surface area contributed by atoms with Gasteiger partial charge in [0, 0.05) is 32.8 Å². The Balaban J connectivity index is 1.18. The van der Waals surface area contributed by atoms with Crippen LogP contribution in [0, 0.1) is 0 Å². The van der Waals surface area contributed by atoms with E-state index in [4.69, 9.17) is 18.8 Å². The molecule has 9 aromatic rings. The van der Waals surface area contributed by atoms with E-state index in [9.17, 15) is 0 Å². The monoisotopic (exact) mass is 564 g/mol. The maximum atomic E-state index is 6.34. The zero-order valence-electron chi connectivity index (χ0n) is 23.6. The number of aromatic nitrogens is 2. The minimum Gasteiger partial charge on any atom is -0.455 e. The highest BCUT2D eigenvalue weighted by Crippen LogP contribution is 2.38. The average Bonchev–Trinajstić information content (AvgIpc) is 3.67. The molecule has 0 aliphatic rings. The van der Waals surface area contributed by atoms with Crippen molar-refractivity contribution in [2.24, 2.45) is 0 Å². The van der Waals surface area contributed by atoms with E-state index in [1.54, 1.807) is 0 Å². The van der Waals surface area contributed by atoms with Crippen molar-refractivity contribution in [3.8, 4) is 44.9 Å². The van der Waals surface area contributed by atoms with Crippen LogP contribution >= 0.6 is 0 Å². The normalized spacial score (nSPS) is 11.6. The smallest absolute Gasteiger partial charge is 0.180 e. The SMILES string of the molecule is c1ccc(-c2nc(-c3cccc(-c4cccc(-c5cccc6c5oc5ccccc56)c4)c3)nc3c2oc2ccccc23)cc1. The van der Waals surface area contributed by atoms with Gasteiger partial charge in [-0.2, -0.15) is 0 Å². The van der Waals surface area contributed by atoms with E-state index in [-0.39, 0.29) is 0 Å². The highest BCUT2D eigenvalue weighted by atomic mass is 16.3. The molecule has 0 radical (unpaired) electrons. The molecule has 44 heavy (non-hydrogen) atoms. The van der Waals surface area contributed by atoms with Crippen LogP contribution in [0.25, 0.3) is 88.9 Å². The van der Waals surface area contributed by atoms with Gasteiger partial charge in [-0.3, -0.25) is 0 Å². The van der Waals surface area contributed by atoms with Gasteiger partial charge < -0.3 is 8.83 Å². The zero-order chi connectivity index (χ0) is 29.0. The van der Waals surface area contributed by atoms with Crippen molar-refractivity contribution in [2.45, 2.75) is 0 Å². The molecule has 0 N–H and O–H groups in total. The van der Waals surface area contributed by atoms with Crippen LogP contribution in [0.1, 0.15) is 0 Å². The predicted octanol–water partition coefficient (Wildman–Crippen LogP) is 10.9. The molecular formula is C40H24N2O2. The lowest BCUT2D eigenvalue weighted by Crippen LogP contribution is -1.94. The Kier molecular flexibility index (Phi) is 5.47. The third-order valence-corrected chi connectivity index (χ3v) is 8.30. The molecule has 0 unspecified atom stereocenters. The number of nitrogens with zero attached hydrogens (tertiary/aromatic N) is 2. The van der Waals surface area contributed by atoms with Crippen molar-refractivity contribution < 1.29 is 8.83 Å². The molecule has 0 spiro atoms. The van der Waals surface area contributed by atoms with Gasteiger partial charge in [0.2, 0.25) is 0 Å². The van der Waals surface area contributed by atoms with Crippen molar-refractivity contribution in [3.05, 3.63) is 146 Å². The van der Waals surface area contributed by atoms with Crippen LogP contribution in [0.5, 0.6) is 0 Å². The lowest BCUT2D eigenvalue weighted by Gasteiger charge is -2.10. The average molecular weight is 565 g/mol. The summed E-state index contributed by atoms with van der Waals surface area (Å²) in [7, 11) is 0. The number of hydrogen-bond donors (Lipinski definition) is 0. The first-order chi connectivity index (χ1) is 21.8. The Morgan fingerprint density at radius 1 is 0.386 bits per heavy atom. The van der Waals surface area contributed by atoms with Crippen molar-refractivity contribution in [1.29, 1.82) is 0 Å². The summed E-state index contributed by atoms with van der Waals surface area (Å²) < 4.78 is 12.6. The highest BCUT2D eigenvalue weighted by molar-refractivity contribution is 6.10. The number of benzene rings is 6. The molecule has 4 heteroatoms. The van der Waals surface area contributed by atoms with Gasteiger partial charge in [0.1, 0.15) is 28.0 Å². The minimum absolute atomic E-state index is 0.660. The summed E-state index contributed by atoms with van der Waals surface area (Å²) in [5.74, 6) is 0.660. The van der Waals surface area contributed by atoms with E-state index in [0.29, 0.717) is 11.4 Å². The van der Waals surface area contributed by atoms with Gasteiger partial charge in [-0.25, -0.2) is 9.97 Å². The van der Waals surface area contributed by atoms with E-state index in [2.05, 4.69) is 97.1 Å². The molecule has 3 heterocycles. The fourth-order valence-corrected chi connectivity index (χ4v) is 6.19. The molecule has 0 fully saturated rings. The molecule has 0 saturated heterocycles. The van der Waals surface area contributed by atoms with E-state index in [1.807, 2.05) is 48.5 Å². The van der Waals surface area contributed by atoms with E-state index >= 15 is 0 Å². The topological polar surface area (TPSA) is 52.1 Å². The molecule has 4 nitrogen and oxygen atoms in total. The number of fused-ring (bicyclic) bond motifs is 6. The van der Waals surface area contributed by atoms with Gasteiger partial charge in [0.25, 0.3) is 0 Å². The Labute approximate surface area is 252 Å². The van der Waals surface area contributed by atoms with Gasteiger partial charge in [-0.05, 0) is 47.0 Å². The van der Waals surface area contributed by atoms with Crippen molar-refractivity contribution in [2.75, 3.05) is 0 Å². The molecule has 206 valence electrons. The molecule has 0 atom stereocenters. The first-order valence-electron chi connectivity index (χ1n) is 14.7. The summed E-state index contributed by atoms with van der Waals surface area (Å²) in [6.07, 6.45) is 0. The summed E-state index contributed by atoms with van der Waals surface area (Å²) in [4.78, 5) is 10.1. The van der Waals surface area contributed by atoms with Crippen molar-refractivity contribution >= 4 is 44.0 Å². The van der Waals surface area contributed by atoms with Crippen LogP contribution in [0.3, 0.4) is 0 Å². The van der Waals surface area contributed by atoms with E-state index < -0.39 is 0 Å². The Hall–Kier alpha value is -6.00. The van der Waals surface area contributed by atoms with Crippen LogP contribution < -0.4 is 0 Å². The summed E-state index contributed by atoms with van der Waals surface area (Å²) in [6.45, 7) is 0. The second kappa shape index (κ2) is 9.79. The quantitative estimate of drug-likeness (QED) is 0.213. The third kappa shape index (κ3) is 3.92. The van der Waals surface area contributed by atoms with Gasteiger partial charge in [-0.1, -0.05) is 115 Å². The molecule has 0 bridgehead atoms. The molecule has 0 amide bonds. The third-order valence-electron chi connectivity index (χ3n) is 8.30. The molecule has 0 aliphatic carbocycles. The number of rotatable bonds is 4. The van der Waals surface area contributed by atoms with Crippen LogP contribution in [0.4, 0.5) is 0 Å². The molecule has 6 aromatic carbocycles. The first kappa shape index (κ1) is 24.6. The Bertz CT molecular complexity index is 2510. The predicted molar refractivity (Wildman–Crippen MR) is 178 cm³/mol. The Morgan fingerprint density at radius 3 is 1.77 bits per heavy atom. The summed E-state index contributed by atoms with van der Waals surface area (Å²) in [5.41, 5.74) is 11.2. The summed E-state index contributed by atoms with van der Waals surface area (Å²) in [5, 5.41) is 3.23. The van der Waals surface area contributed by atoms with Crippen LogP contribution in [-0.2, 0) is 0 Å². The van der Waals surface area contributed by atoms with E-state index in [0.717, 1.165) is 77.5 Å². The van der Waals surface area contributed by atoms with Gasteiger partial charge in [0.05, 0.1) is 0 Å². The first-order valence-corrected chi connectivity index (χ1v) is 14.7. The van der Waals surface area contributed by atoms with Gasteiger partial charge in [0.15, 0.2) is 11.4 Å². The lowest BCUT2D eigenvalue weighted by molar-refractivity contribution is 0.667. The molecule has 3 aromatic heterocycles. The van der Waals surface area contributed by atoms with Gasteiger partial charge >= 0.3 is 0 Å². The molecule has 0 saturated carbocycles. The maximum Gasteiger partial charge on any atom is 0.180 e. The van der Waals surface area contributed by atoms with Crippen molar-refractivity contribution in [3.63, 3.8) is 0 Å². The zero-order valence-corrected chi connectivity index (χ0v) is 23.6. The largest absolute Gasteiger partial charge is 0.455 e. The fourth-order valence-electron chi connectivity index (χ4n) is 6.19. The number of para-hydroxylation sites is 3. The summed E-state index contributed by atoms with van der Waals surface area (Å²) in [6, 6.07) is 49.8. The number of hydrogen-bond acceptors (Lipinski definition) is 4.